The Bertz CT molecular complexity index is 832. The van der Waals surface area contributed by atoms with Gasteiger partial charge in [0.1, 0.15) is 0 Å². The number of hydrogen-bond acceptors (Lipinski definition) is 0. The van der Waals surface area contributed by atoms with E-state index in [0.717, 1.165) is 12.8 Å². The van der Waals surface area contributed by atoms with Gasteiger partial charge in [-0.3, -0.25) is 0 Å². The Balaban J connectivity index is 2.12. The first-order valence-corrected chi connectivity index (χ1v) is 14.0. The van der Waals surface area contributed by atoms with E-state index >= 15 is 0 Å². The average molecular weight is 437 g/mol. The van der Waals surface area contributed by atoms with Crippen LogP contribution in [0.5, 0.6) is 0 Å². The molecule has 0 amide bonds. The summed E-state index contributed by atoms with van der Waals surface area (Å²) < 4.78 is 0. The van der Waals surface area contributed by atoms with E-state index in [4.69, 9.17) is 0 Å². The summed E-state index contributed by atoms with van der Waals surface area (Å²) in [4.78, 5) is 0. The maximum atomic E-state index is 4.61. The van der Waals surface area contributed by atoms with Crippen LogP contribution in [0.4, 0.5) is 0 Å². The van der Waals surface area contributed by atoms with Gasteiger partial charge in [-0.25, -0.2) is 0 Å². The third-order valence-electron chi connectivity index (χ3n) is 6.02. The van der Waals surface area contributed by atoms with Crippen molar-refractivity contribution in [3.63, 3.8) is 0 Å². The topological polar surface area (TPSA) is 0 Å². The standard InChI is InChI=1S/C25H26BrP/c1-21-12-11-19-25(20-21)27(26,22-13-5-2-6-14-22,23-15-7-3-8-16-23)24-17-9-4-10-18-24/h2-10,12-18,25H,11,19-20H2,1H3. The van der Waals surface area contributed by atoms with E-state index < -0.39 is 5.31 Å². The molecule has 1 aliphatic rings. The summed E-state index contributed by atoms with van der Waals surface area (Å²) in [6, 6.07) is 33.5. The fourth-order valence-corrected chi connectivity index (χ4v) is 13.6. The van der Waals surface area contributed by atoms with Gasteiger partial charge in [0, 0.05) is 0 Å². The molecule has 0 aromatic heterocycles. The first kappa shape index (κ1) is 18.7. The molecule has 0 aliphatic heterocycles. The summed E-state index contributed by atoms with van der Waals surface area (Å²) in [5.41, 5.74) is 2.07. The maximum absolute atomic E-state index is 4.61. The fourth-order valence-electron chi connectivity index (χ4n) is 4.73. The van der Waals surface area contributed by atoms with E-state index in [0.29, 0.717) is 5.66 Å². The predicted molar refractivity (Wildman–Crippen MR) is 125 cm³/mol. The zero-order valence-electron chi connectivity index (χ0n) is 15.8. The van der Waals surface area contributed by atoms with Gasteiger partial charge in [0.2, 0.25) is 0 Å². The molecule has 1 unspecified atom stereocenters. The van der Waals surface area contributed by atoms with Crippen molar-refractivity contribution >= 4 is 36.7 Å². The Morgan fingerprint density at radius 1 is 0.704 bits per heavy atom. The molecule has 0 saturated carbocycles. The Hall–Kier alpha value is -1.69. The van der Waals surface area contributed by atoms with Crippen LogP contribution in [-0.2, 0) is 0 Å². The summed E-state index contributed by atoms with van der Waals surface area (Å²) in [6.45, 7) is 2.29. The molecule has 27 heavy (non-hydrogen) atoms. The predicted octanol–water partition coefficient (Wildman–Crippen LogP) is 6.32. The van der Waals surface area contributed by atoms with Gasteiger partial charge in [-0.2, -0.15) is 0 Å². The van der Waals surface area contributed by atoms with Crippen LogP contribution in [0.15, 0.2) is 103 Å². The summed E-state index contributed by atoms with van der Waals surface area (Å²) >= 11 is 4.61. The third-order valence-corrected chi connectivity index (χ3v) is 17.2. The van der Waals surface area contributed by atoms with E-state index in [9.17, 15) is 0 Å². The number of rotatable bonds is 4. The monoisotopic (exact) mass is 436 g/mol. The molecule has 0 spiro atoms. The minimum atomic E-state index is -2.81. The summed E-state index contributed by atoms with van der Waals surface area (Å²) in [7, 11) is 0. The second-order valence-electron chi connectivity index (χ2n) is 7.57. The number of allylic oxidation sites excluding steroid dienone is 2. The molecule has 2 heteroatoms. The van der Waals surface area contributed by atoms with E-state index in [-0.39, 0.29) is 0 Å². The normalized spacial score (nSPS) is 19.0. The van der Waals surface area contributed by atoms with Crippen molar-refractivity contribution in [1.29, 1.82) is 0 Å². The molecule has 0 nitrogen and oxygen atoms in total. The van der Waals surface area contributed by atoms with Gasteiger partial charge in [-0.15, -0.1) is 0 Å². The van der Waals surface area contributed by atoms with E-state index in [1.54, 1.807) is 0 Å². The van der Waals surface area contributed by atoms with Crippen molar-refractivity contribution in [2.75, 3.05) is 0 Å². The van der Waals surface area contributed by atoms with Gasteiger partial charge < -0.3 is 0 Å². The van der Waals surface area contributed by atoms with Gasteiger partial charge in [0.15, 0.2) is 0 Å². The molecule has 0 radical (unpaired) electrons. The third kappa shape index (κ3) is 2.93. The van der Waals surface area contributed by atoms with Crippen LogP contribution in [-0.4, -0.2) is 5.66 Å². The van der Waals surface area contributed by atoms with Crippen LogP contribution in [0.1, 0.15) is 26.2 Å². The van der Waals surface area contributed by atoms with Gasteiger partial charge in [0.25, 0.3) is 0 Å². The molecule has 0 saturated heterocycles. The van der Waals surface area contributed by atoms with Crippen molar-refractivity contribution in [2.45, 2.75) is 31.8 Å². The Kier molecular flexibility index (Phi) is 5.10. The molecule has 0 N–H and O–H groups in total. The van der Waals surface area contributed by atoms with Crippen LogP contribution in [0, 0.1) is 0 Å². The second kappa shape index (κ2) is 7.38. The van der Waals surface area contributed by atoms with Crippen LogP contribution < -0.4 is 15.9 Å². The summed E-state index contributed by atoms with van der Waals surface area (Å²) in [5, 5.41) is 1.48. The summed E-state index contributed by atoms with van der Waals surface area (Å²) in [6.07, 6.45) is 5.93. The molecule has 4 rings (SSSR count). The molecule has 3 aromatic rings. The molecule has 0 bridgehead atoms. The average Bonchev–Trinajstić information content (AvgIpc) is 2.75. The molecule has 0 heterocycles. The first-order valence-electron chi connectivity index (χ1n) is 9.70. The van der Waals surface area contributed by atoms with Crippen molar-refractivity contribution in [3.05, 3.63) is 103 Å². The fraction of sp³-hybridized carbons (Fsp3) is 0.200. The van der Waals surface area contributed by atoms with Crippen LogP contribution in [0.25, 0.3) is 0 Å². The Labute approximate surface area is 171 Å². The van der Waals surface area contributed by atoms with Crippen molar-refractivity contribution in [1.82, 2.24) is 0 Å². The molecule has 3 aromatic carbocycles. The van der Waals surface area contributed by atoms with Gasteiger partial charge in [-0.05, 0) is 0 Å². The van der Waals surface area contributed by atoms with Crippen LogP contribution in [0.3, 0.4) is 0 Å². The van der Waals surface area contributed by atoms with Gasteiger partial charge in [0.05, 0.1) is 0 Å². The van der Waals surface area contributed by atoms with Crippen LogP contribution in [0.2, 0.25) is 0 Å². The van der Waals surface area contributed by atoms with E-state index in [1.165, 1.54) is 27.9 Å². The molecular weight excluding hydrogens is 411 g/mol. The van der Waals surface area contributed by atoms with E-state index in [1.807, 2.05) is 0 Å². The molecule has 1 aliphatic carbocycles. The molecule has 138 valence electrons. The Morgan fingerprint density at radius 3 is 1.48 bits per heavy atom. The Morgan fingerprint density at radius 2 is 1.11 bits per heavy atom. The van der Waals surface area contributed by atoms with Crippen molar-refractivity contribution < 1.29 is 0 Å². The number of hydrogen-bond donors (Lipinski definition) is 0. The van der Waals surface area contributed by atoms with Crippen LogP contribution >= 0.6 is 20.8 Å². The van der Waals surface area contributed by atoms with Gasteiger partial charge in [-0.1, -0.05) is 0 Å². The van der Waals surface area contributed by atoms with Gasteiger partial charge >= 0.3 is 171 Å². The van der Waals surface area contributed by atoms with E-state index in [2.05, 4.69) is 119 Å². The molecule has 1 atom stereocenters. The minimum absolute atomic E-state index is 0.549. The zero-order chi connectivity index (χ0) is 18.8. The SMILES string of the molecule is CC1=CCCC(P(Br)(c2ccccc2)(c2ccccc2)c2ccccc2)C1. The molecular formula is C25H26BrP. The number of benzene rings is 3. The zero-order valence-corrected chi connectivity index (χ0v) is 18.2. The first-order chi connectivity index (χ1) is 13.1. The molecule has 0 fully saturated rings. The second-order valence-corrected chi connectivity index (χ2v) is 16.4. The van der Waals surface area contributed by atoms with Crippen molar-refractivity contribution in [2.24, 2.45) is 0 Å². The van der Waals surface area contributed by atoms with Crippen molar-refractivity contribution in [3.8, 4) is 0 Å². The quantitative estimate of drug-likeness (QED) is 0.331. The summed E-state index contributed by atoms with van der Waals surface area (Å²) in [5.74, 6) is 0. The number of halogens is 1.